The van der Waals surface area contributed by atoms with E-state index >= 15 is 0 Å². The molecule has 1 fully saturated rings. The van der Waals surface area contributed by atoms with Gasteiger partial charge in [-0.05, 0) is 24.5 Å². The van der Waals surface area contributed by atoms with Gasteiger partial charge < -0.3 is 10.2 Å². The highest BCUT2D eigenvalue weighted by atomic mass is 35.5. The van der Waals surface area contributed by atoms with Gasteiger partial charge in [0.25, 0.3) is 0 Å². The highest BCUT2D eigenvalue weighted by Gasteiger charge is 2.19. The molecule has 0 unspecified atom stereocenters. The number of nitrogens with one attached hydrogen (secondary N) is 1. The van der Waals surface area contributed by atoms with Crippen LogP contribution in [0.4, 0.5) is 5.82 Å². The fourth-order valence-corrected chi connectivity index (χ4v) is 3.51. The fraction of sp³-hybridized carbons (Fsp3) is 0.421. The van der Waals surface area contributed by atoms with Gasteiger partial charge in [0.15, 0.2) is 0 Å². The van der Waals surface area contributed by atoms with Gasteiger partial charge in [-0.2, -0.15) is 5.10 Å². The quantitative estimate of drug-likeness (QED) is 0.813. The molecule has 1 aliphatic heterocycles. The molecule has 1 aliphatic rings. The Balaban J connectivity index is 1.64. The summed E-state index contributed by atoms with van der Waals surface area (Å²) in [5, 5.41) is 8.03. The summed E-state index contributed by atoms with van der Waals surface area (Å²) in [4.78, 5) is 26.3. The molecule has 1 saturated heterocycles. The fourth-order valence-electron chi connectivity index (χ4n) is 3.13. The topological polar surface area (TPSA) is 67.2 Å². The van der Waals surface area contributed by atoms with Crippen LogP contribution in [0.1, 0.15) is 37.7 Å². The Labute approximate surface area is 168 Å². The zero-order valence-corrected chi connectivity index (χ0v) is 16.5. The Morgan fingerprint density at radius 1 is 1.15 bits per heavy atom. The van der Waals surface area contributed by atoms with Gasteiger partial charge in [-0.25, -0.2) is 4.68 Å². The standard InChI is InChI=1S/C19H22Cl2N4O2/c20-15-7-5-6-14(19(15)21)12-25-16(9-10-22-25)23-17(26)13-24-11-4-2-1-3-8-18(24)27/h5-7,9-10H,1-4,8,11-13H2,(H,23,26). The lowest BCUT2D eigenvalue weighted by Gasteiger charge is -2.24. The van der Waals surface area contributed by atoms with Crippen LogP contribution in [0.2, 0.25) is 10.0 Å². The zero-order valence-electron chi connectivity index (χ0n) is 15.0. The Bertz CT molecular complexity index is 822. The van der Waals surface area contributed by atoms with Crippen molar-refractivity contribution in [1.82, 2.24) is 14.7 Å². The molecule has 1 aromatic carbocycles. The normalized spacial score (nSPS) is 15.3. The molecule has 0 bridgehead atoms. The first-order chi connectivity index (χ1) is 13.0. The Morgan fingerprint density at radius 2 is 1.96 bits per heavy atom. The van der Waals surface area contributed by atoms with E-state index in [1.807, 2.05) is 12.1 Å². The molecule has 144 valence electrons. The number of aromatic nitrogens is 2. The first-order valence-electron chi connectivity index (χ1n) is 9.07. The second-order valence-electron chi connectivity index (χ2n) is 6.61. The molecule has 2 aromatic rings. The van der Waals surface area contributed by atoms with E-state index in [1.54, 1.807) is 27.9 Å². The molecular formula is C19H22Cl2N4O2. The number of likely N-dealkylation sites (tertiary alicyclic amines) is 1. The maximum Gasteiger partial charge on any atom is 0.245 e. The predicted octanol–water partition coefficient (Wildman–Crippen LogP) is 3.97. The number of hydrogen-bond donors (Lipinski definition) is 1. The van der Waals surface area contributed by atoms with Gasteiger partial charge in [0.1, 0.15) is 5.82 Å². The number of anilines is 1. The molecule has 0 aliphatic carbocycles. The average molecular weight is 409 g/mol. The summed E-state index contributed by atoms with van der Waals surface area (Å²) in [6.45, 7) is 1.07. The number of halogens is 2. The van der Waals surface area contributed by atoms with Crippen molar-refractivity contribution in [2.45, 2.75) is 38.6 Å². The van der Waals surface area contributed by atoms with Crippen LogP contribution in [0.15, 0.2) is 30.5 Å². The number of carbonyl (C=O) groups is 2. The summed E-state index contributed by atoms with van der Waals surface area (Å²) in [5.74, 6) is 0.363. The molecular weight excluding hydrogens is 387 g/mol. The molecule has 0 saturated carbocycles. The molecule has 1 N–H and O–H groups in total. The monoisotopic (exact) mass is 408 g/mol. The molecule has 27 heavy (non-hydrogen) atoms. The van der Waals surface area contributed by atoms with Crippen LogP contribution in [0.5, 0.6) is 0 Å². The number of amides is 2. The number of hydrogen-bond acceptors (Lipinski definition) is 3. The lowest BCUT2D eigenvalue weighted by atomic mass is 10.1. The van der Waals surface area contributed by atoms with Gasteiger partial charge in [0.05, 0.1) is 29.3 Å². The van der Waals surface area contributed by atoms with Crippen LogP contribution in [0.3, 0.4) is 0 Å². The van der Waals surface area contributed by atoms with E-state index in [-0.39, 0.29) is 18.4 Å². The number of benzene rings is 1. The van der Waals surface area contributed by atoms with E-state index in [1.165, 1.54) is 0 Å². The van der Waals surface area contributed by atoms with Crippen molar-refractivity contribution in [3.05, 3.63) is 46.1 Å². The van der Waals surface area contributed by atoms with E-state index in [0.29, 0.717) is 35.4 Å². The van der Waals surface area contributed by atoms with Gasteiger partial charge in [0, 0.05) is 19.0 Å². The van der Waals surface area contributed by atoms with E-state index in [2.05, 4.69) is 10.4 Å². The molecule has 1 aromatic heterocycles. The third kappa shape index (κ3) is 5.23. The van der Waals surface area contributed by atoms with Crippen molar-refractivity contribution in [2.24, 2.45) is 0 Å². The summed E-state index contributed by atoms with van der Waals surface area (Å²) >= 11 is 12.3. The van der Waals surface area contributed by atoms with Crippen LogP contribution < -0.4 is 5.32 Å². The van der Waals surface area contributed by atoms with Crippen molar-refractivity contribution in [2.75, 3.05) is 18.4 Å². The second-order valence-corrected chi connectivity index (χ2v) is 7.40. The molecule has 0 spiro atoms. The molecule has 0 atom stereocenters. The highest BCUT2D eigenvalue weighted by Crippen LogP contribution is 2.26. The van der Waals surface area contributed by atoms with Crippen molar-refractivity contribution in [1.29, 1.82) is 0 Å². The van der Waals surface area contributed by atoms with Gasteiger partial charge in [-0.15, -0.1) is 0 Å². The molecule has 6 nitrogen and oxygen atoms in total. The summed E-state index contributed by atoms with van der Waals surface area (Å²) in [5.41, 5.74) is 0.808. The van der Waals surface area contributed by atoms with Crippen LogP contribution in [-0.4, -0.2) is 39.6 Å². The summed E-state index contributed by atoms with van der Waals surface area (Å²) in [7, 11) is 0. The van der Waals surface area contributed by atoms with Crippen molar-refractivity contribution in [3.8, 4) is 0 Å². The number of carbonyl (C=O) groups excluding carboxylic acids is 2. The van der Waals surface area contributed by atoms with Crippen LogP contribution in [-0.2, 0) is 16.1 Å². The average Bonchev–Trinajstić information content (AvgIpc) is 3.05. The van der Waals surface area contributed by atoms with E-state index < -0.39 is 0 Å². The van der Waals surface area contributed by atoms with E-state index in [9.17, 15) is 9.59 Å². The van der Waals surface area contributed by atoms with Crippen LogP contribution >= 0.6 is 23.2 Å². The molecule has 8 heteroatoms. The maximum absolute atomic E-state index is 12.5. The van der Waals surface area contributed by atoms with Gasteiger partial charge >= 0.3 is 0 Å². The summed E-state index contributed by atoms with van der Waals surface area (Å²) < 4.78 is 1.64. The van der Waals surface area contributed by atoms with Crippen molar-refractivity contribution >= 4 is 40.8 Å². The van der Waals surface area contributed by atoms with Crippen molar-refractivity contribution < 1.29 is 9.59 Å². The second kappa shape index (κ2) is 9.24. The Kier molecular flexibility index (Phi) is 6.74. The van der Waals surface area contributed by atoms with Gasteiger partial charge in [0.2, 0.25) is 11.8 Å². The number of rotatable bonds is 5. The summed E-state index contributed by atoms with van der Waals surface area (Å²) in [6.07, 6.45) is 6.12. The van der Waals surface area contributed by atoms with Crippen LogP contribution in [0, 0.1) is 0 Å². The highest BCUT2D eigenvalue weighted by molar-refractivity contribution is 6.42. The minimum Gasteiger partial charge on any atom is -0.333 e. The third-order valence-corrected chi connectivity index (χ3v) is 5.45. The smallest absolute Gasteiger partial charge is 0.245 e. The summed E-state index contributed by atoms with van der Waals surface area (Å²) in [6, 6.07) is 7.12. The van der Waals surface area contributed by atoms with Crippen LogP contribution in [0.25, 0.3) is 0 Å². The molecule has 2 heterocycles. The first-order valence-corrected chi connectivity index (χ1v) is 9.82. The maximum atomic E-state index is 12.5. The molecule has 3 rings (SSSR count). The van der Waals surface area contributed by atoms with E-state index in [0.717, 1.165) is 31.2 Å². The molecule has 0 radical (unpaired) electrons. The Hall–Kier alpha value is -2.05. The SMILES string of the molecule is O=C(CN1CCCCCCC1=O)Nc1ccnn1Cc1cccc(Cl)c1Cl. The minimum atomic E-state index is -0.233. The lowest BCUT2D eigenvalue weighted by molar-refractivity contribution is -0.135. The van der Waals surface area contributed by atoms with Crippen molar-refractivity contribution in [3.63, 3.8) is 0 Å². The predicted molar refractivity (Wildman–Crippen MR) is 106 cm³/mol. The lowest BCUT2D eigenvalue weighted by Crippen LogP contribution is -2.39. The zero-order chi connectivity index (χ0) is 19.2. The van der Waals surface area contributed by atoms with Gasteiger partial charge in [-0.3, -0.25) is 9.59 Å². The van der Waals surface area contributed by atoms with Gasteiger partial charge in [-0.1, -0.05) is 48.2 Å². The molecule has 2 amide bonds. The number of nitrogens with zero attached hydrogens (tertiary/aromatic N) is 3. The minimum absolute atomic E-state index is 0.0454. The first kappa shape index (κ1) is 19.7. The Morgan fingerprint density at radius 3 is 2.81 bits per heavy atom. The largest absolute Gasteiger partial charge is 0.333 e. The third-order valence-electron chi connectivity index (χ3n) is 4.59. The van der Waals surface area contributed by atoms with E-state index in [4.69, 9.17) is 23.2 Å².